The van der Waals surface area contributed by atoms with Gasteiger partial charge in [0.1, 0.15) is 17.2 Å². The second kappa shape index (κ2) is 8.16. The zero-order chi connectivity index (χ0) is 21.4. The lowest BCUT2D eigenvalue weighted by Crippen LogP contribution is -2.14. The maximum absolute atomic E-state index is 11.4. The molecule has 1 aliphatic carbocycles. The second-order valence-corrected chi connectivity index (χ2v) is 7.82. The number of benzene rings is 2. The van der Waals surface area contributed by atoms with E-state index in [-0.39, 0.29) is 16.5 Å². The van der Waals surface area contributed by atoms with Crippen molar-refractivity contribution in [1.29, 1.82) is 0 Å². The minimum atomic E-state index is -0.385. The molecule has 1 atom stereocenters. The van der Waals surface area contributed by atoms with Crippen LogP contribution in [0.1, 0.15) is 29.2 Å². The molecule has 0 spiro atoms. The fraction of sp³-hybridized carbons (Fsp3) is 0.286. The molecule has 1 aliphatic rings. The van der Waals surface area contributed by atoms with Crippen LogP contribution in [0, 0.1) is 10.1 Å². The first-order valence-electron chi connectivity index (χ1n) is 9.36. The van der Waals surface area contributed by atoms with Crippen LogP contribution in [0.2, 0.25) is 10.0 Å². The van der Waals surface area contributed by atoms with E-state index in [4.69, 9.17) is 32.7 Å². The molecule has 0 bridgehead atoms. The van der Waals surface area contributed by atoms with Crippen LogP contribution in [0.4, 0.5) is 5.69 Å². The summed E-state index contributed by atoms with van der Waals surface area (Å²) in [5.74, 6) is 1.04. The number of H-pyrrole nitrogens is 1. The second-order valence-electron chi connectivity index (χ2n) is 7.07. The highest BCUT2D eigenvalue weighted by Gasteiger charge is 2.31. The van der Waals surface area contributed by atoms with Crippen LogP contribution in [0.15, 0.2) is 30.3 Å². The highest BCUT2D eigenvalue weighted by Crippen LogP contribution is 2.48. The topological polar surface area (TPSA) is 90.3 Å². The number of aromatic amines is 1. The molecule has 1 heterocycles. The fourth-order valence-electron chi connectivity index (χ4n) is 4.07. The number of nitro groups is 1. The van der Waals surface area contributed by atoms with Crippen LogP contribution in [-0.4, -0.2) is 29.3 Å². The van der Waals surface area contributed by atoms with E-state index in [0.29, 0.717) is 45.6 Å². The molecule has 1 N–H and O–H groups in total. The summed E-state index contributed by atoms with van der Waals surface area (Å²) in [6.07, 6.45) is 2.07. The van der Waals surface area contributed by atoms with Gasteiger partial charge in [0, 0.05) is 29.0 Å². The summed E-state index contributed by atoms with van der Waals surface area (Å²) in [5, 5.41) is 19.8. The van der Waals surface area contributed by atoms with Crippen molar-refractivity contribution in [3.63, 3.8) is 0 Å². The molecule has 0 radical (unpaired) electrons. The van der Waals surface area contributed by atoms with E-state index in [1.807, 2.05) is 0 Å². The molecule has 4 rings (SSSR count). The molecule has 0 fully saturated rings. The Morgan fingerprint density at radius 2 is 1.83 bits per heavy atom. The number of nitrogens with one attached hydrogen (secondary N) is 1. The third kappa shape index (κ3) is 3.38. The summed E-state index contributed by atoms with van der Waals surface area (Å²) in [4.78, 5) is 11.0. The Morgan fingerprint density at radius 3 is 2.47 bits per heavy atom. The molecule has 3 aromatic rings. The number of hydrogen-bond donors (Lipinski definition) is 1. The summed E-state index contributed by atoms with van der Waals surface area (Å²) in [6.45, 7) is 0. The van der Waals surface area contributed by atoms with Crippen molar-refractivity contribution in [2.75, 3.05) is 14.2 Å². The lowest BCUT2D eigenvalue weighted by Gasteiger charge is -2.26. The number of ether oxygens (including phenoxy) is 2. The van der Waals surface area contributed by atoms with Crippen molar-refractivity contribution in [1.82, 2.24) is 10.2 Å². The van der Waals surface area contributed by atoms with E-state index >= 15 is 0 Å². The van der Waals surface area contributed by atoms with Gasteiger partial charge in [-0.15, -0.1) is 0 Å². The molecule has 0 unspecified atom stereocenters. The average Bonchev–Trinajstić information content (AvgIpc) is 3.17. The van der Waals surface area contributed by atoms with Crippen LogP contribution in [0.25, 0.3) is 11.3 Å². The van der Waals surface area contributed by atoms with Gasteiger partial charge in [-0.25, -0.2) is 0 Å². The number of aromatic nitrogens is 2. The third-order valence-corrected chi connectivity index (χ3v) is 6.30. The van der Waals surface area contributed by atoms with Crippen LogP contribution in [0.5, 0.6) is 11.5 Å². The maximum atomic E-state index is 11.4. The summed E-state index contributed by atoms with van der Waals surface area (Å²) in [7, 11) is 3.09. The molecular formula is C21H19Cl2N3O4. The van der Waals surface area contributed by atoms with Gasteiger partial charge in [-0.05, 0) is 31.2 Å². The molecule has 7 nitrogen and oxygen atoms in total. The van der Waals surface area contributed by atoms with Gasteiger partial charge in [0.25, 0.3) is 5.69 Å². The Hall–Kier alpha value is -2.77. The van der Waals surface area contributed by atoms with Gasteiger partial charge in [0.05, 0.1) is 34.8 Å². The van der Waals surface area contributed by atoms with Gasteiger partial charge in [0.15, 0.2) is 0 Å². The number of rotatable bonds is 5. The molecule has 0 saturated heterocycles. The van der Waals surface area contributed by atoms with Gasteiger partial charge in [0.2, 0.25) is 0 Å². The fourth-order valence-corrected chi connectivity index (χ4v) is 4.88. The van der Waals surface area contributed by atoms with Crippen molar-refractivity contribution in [3.8, 4) is 22.8 Å². The molecule has 156 valence electrons. The Balaban J connectivity index is 1.73. The Morgan fingerprint density at radius 1 is 1.17 bits per heavy atom. The summed E-state index contributed by atoms with van der Waals surface area (Å²) in [5.41, 5.74) is 3.87. The van der Waals surface area contributed by atoms with Crippen LogP contribution >= 0.6 is 23.2 Å². The van der Waals surface area contributed by atoms with Crippen molar-refractivity contribution in [3.05, 3.63) is 67.3 Å². The summed E-state index contributed by atoms with van der Waals surface area (Å²) in [6, 6.07) is 8.31. The van der Waals surface area contributed by atoms with E-state index in [2.05, 4.69) is 10.2 Å². The number of methoxy groups -OCH3 is 2. The summed E-state index contributed by atoms with van der Waals surface area (Å²) >= 11 is 13.2. The smallest absolute Gasteiger partial charge is 0.278 e. The Labute approximate surface area is 183 Å². The molecule has 0 aliphatic heterocycles. The van der Waals surface area contributed by atoms with Crippen molar-refractivity contribution >= 4 is 28.9 Å². The van der Waals surface area contributed by atoms with Crippen molar-refractivity contribution < 1.29 is 14.4 Å². The molecular weight excluding hydrogens is 429 g/mol. The van der Waals surface area contributed by atoms with Crippen molar-refractivity contribution in [2.45, 2.75) is 25.2 Å². The highest BCUT2D eigenvalue weighted by atomic mass is 35.5. The minimum Gasteiger partial charge on any atom is -0.495 e. The average molecular weight is 448 g/mol. The molecule has 30 heavy (non-hydrogen) atoms. The summed E-state index contributed by atoms with van der Waals surface area (Å²) < 4.78 is 10.8. The standard InChI is InChI=1S/C21H19Cl2N3O4/c1-29-16-10-17(30-2)20(23)18(19(16)22)11-7-8-12-14(9-11)24-25-21(12)13-5-3-4-6-15(13)26(27)28/h3-6,10-11H,7-9H2,1-2H3,(H,24,25)/t11-/m1/s1. The molecule has 0 saturated carbocycles. The van der Waals surface area contributed by atoms with Crippen LogP contribution in [0.3, 0.4) is 0 Å². The predicted molar refractivity (Wildman–Crippen MR) is 115 cm³/mol. The lowest BCUT2D eigenvalue weighted by molar-refractivity contribution is -0.384. The lowest BCUT2D eigenvalue weighted by atomic mass is 9.81. The minimum absolute atomic E-state index is 0.0283. The number of hydrogen-bond acceptors (Lipinski definition) is 5. The van der Waals surface area contributed by atoms with Gasteiger partial charge in [-0.2, -0.15) is 5.10 Å². The zero-order valence-electron chi connectivity index (χ0n) is 16.4. The first-order valence-corrected chi connectivity index (χ1v) is 10.1. The van der Waals surface area contributed by atoms with Gasteiger partial charge < -0.3 is 9.47 Å². The number of fused-ring (bicyclic) bond motifs is 1. The molecule has 2 aromatic carbocycles. The highest BCUT2D eigenvalue weighted by molar-refractivity contribution is 6.38. The number of nitro benzene ring substituents is 1. The van der Waals surface area contributed by atoms with Crippen LogP contribution < -0.4 is 9.47 Å². The number of nitrogens with zero attached hydrogens (tertiary/aromatic N) is 2. The van der Waals surface area contributed by atoms with E-state index in [9.17, 15) is 10.1 Å². The van der Waals surface area contributed by atoms with Gasteiger partial charge in [-0.1, -0.05) is 35.3 Å². The quantitative estimate of drug-likeness (QED) is 0.407. The number of halogens is 2. The number of para-hydroxylation sites is 1. The Bertz CT molecular complexity index is 1100. The van der Waals surface area contributed by atoms with E-state index in [1.54, 1.807) is 38.5 Å². The monoisotopic (exact) mass is 447 g/mol. The van der Waals surface area contributed by atoms with E-state index in [1.165, 1.54) is 6.07 Å². The Kier molecular flexibility index (Phi) is 5.58. The van der Waals surface area contributed by atoms with E-state index in [0.717, 1.165) is 23.2 Å². The third-order valence-electron chi connectivity index (χ3n) is 5.52. The normalized spacial score (nSPS) is 15.5. The molecule has 0 amide bonds. The largest absolute Gasteiger partial charge is 0.495 e. The first-order chi connectivity index (χ1) is 14.5. The van der Waals surface area contributed by atoms with E-state index < -0.39 is 0 Å². The van der Waals surface area contributed by atoms with Gasteiger partial charge in [-0.3, -0.25) is 15.2 Å². The van der Waals surface area contributed by atoms with Crippen LogP contribution in [-0.2, 0) is 12.8 Å². The first kappa shape index (κ1) is 20.5. The molecule has 1 aromatic heterocycles. The van der Waals surface area contributed by atoms with Crippen molar-refractivity contribution in [2.24, 2.45) is 0 Å². The molecule has 9 heteroatoms. The predicted octanol–water partition coefficient (Wildman–Crippen LogP) is 5.58. The SMILES string of the molecule is COc1cc(OC)c(Cl)c([C@@H]2CCc3c(-c4ccccc4[N+](=O)[O-])n[nH]c3C2)c1Cl. The zero-order valence-corrected chi connectivity index (χ0v) is 17.9. The van der Waals surface area contributed by atoms with Gasteiger partial charge >= 0.3 is 0 Å². The maximum Gasteiger partial charge on any atom is 0.278 e.